The minimum absolute atomic E-state index is 0.297. The minimum atomic E-state index is -0.297. The first kappa shape index (κ1) is 27.1. The van der Waals surface area contributed by atoms with E-state index in [1.165, 1.54) is 12.4 Å². The number of hydrogen-bond donors (Lipinski definition) is 2. The summed E-state index contributed by atoms with van der Waals surface area (Å²) in [7, 11) is 5.54. The zero-order valence-corrected chi connectivity index (χ0v) is 23.1. The number of morpholine rings is 1. The molecule has 40 heavy (non-hydrogen) atoms. The van der Waals surface area contributed by atoms with Gasteiger partial charge in [-0.1, -0.05) is 12.6 Å². The Morgan fingerprint density at radius 3 is 2.77 bits per heavy atom. The van der Waals surface area contributed by atoms with Crippen molar-refractivity contribution in [3.63, 3.8) is 0 Å². The Labute approximate surface area is 233 Å². The SMILES string of the molecule is C=CC(=O)Nc1cc(Nc2cc(-c3ccc4c(cnn4C)c3)ncn2)c(OC)cc1N(C)CCN1CCOCC1. The Balaban J connectivity index is 1.41. The highest BCUT2D eigenvalue weighted by Gasteiger charge is 2.18. The van der Waals surface area contributed by atoms with E-state index in [1.54, 1.807) is 7.11 Å². The molecule has 1 aliphatic rings. The van der Waals surface area contributed by atoms with Crippen LogP contribution in [0.4, 0.5) is 22.9 Å². The topological polar surface area (TPSA) is 110 Å². The van der Waals surface area contributed by atoms with Gasteiger partial charge in [0, 0.05) is 63.4 Å². The number of aryl methyl sites for hydroxylation is 1. The van der Waals surface area contributed by atoms with E-state index in [-0.39, 0.29) is 5.91 Å². The molecule has 2 N–H and O–H groups in total. The van der Waals surface area contributed by atoms with Gasteiger partial charge in [0.05, 0.1) is 54.8 Å². The summed E-state index contributed by atoms with van der Waals surface area (Å²) in [6.45, 7) is 8.58. The number of anilines is 4. The number of carbonyl (C=O) groups is 1. The summed E-state index contributed by atoms with van der Waals surface area (Å²) in [5.41, 5.74) is 4.88. The van der Waals surface area contributed by atoms with Crippen LogP contribution in [0.25, 0.3) is 22.2 Å². The molecular weight excluding hydrogens is 508 g/mol. The molecule has 1 saturated heterocycles. The van der Waals surface area contributed by atoms with Gasteiger partial charge >= 0.3 is 0 Å². The van der Waals surface area contributed by atoms with E-state index in [9.17, 15) is 4.79 Å². The molecule has 0 radical (unpaired) electrons. The van der Waals surface area contributed by atoms with E-state index >= 15 is 0 Å². The molecule has 0 bridgehead atoms. The average Bonchev–Trinajstić information content (AvgIpc) is 3.36. The standard InChI is InChI=1S/C29H34N8O3/c1-5-29(38)34-23-15-24(27(39-4)17-26(23)35(2)8-9-37-10-12-40-13-11-37)33-28-16-22(30-19-31-28)20-6-7-25-21(14-20)18-32-36(25)3/h5-7,14-19H,1,8-13H2,2-4H3,(H,34,38)(H,30,31,33). The molecule has 1 aliphatic heterocycles. The van der Waals surface area contributed by atoms with Crippen molar-refractivity contribution in [2.24, 2.45) is 7.05 Å². The fourth-order valence-electron chi connectivity index (χ4n) is 4.72. The van der Waals surface area contributed by atoms with E-state index in [4.69, 9.17) is 9.47 Å². The van der Waals surface area contributed by atoms with Crippen LogP contribution in [0.3, 0.4) is 0 Å². The van der Waals surface area contributed by atoms with Crippen molar-refractivity contribution in [3.8, 4) is 17.0 Å². The Kier molecular flexibility index (Phi) is 8.23. The van der Waals surface area contributed by atoms with Crippen molar-refractivity contribution in [1.82, 2.24) is 24.6 Å². The van der Waals surface area contributed by atoms with Crippen LogP contribution in [0.15, 0.2) is 61.6 Å². The second kappa shape index (κ2) is 12.1. The Hall–Kier alpha value is -4.48. The second-order valence-electron chi connectivity index (χ2n) is 9.59. The van der Waals surface area contributed by atoms with Crippen LogP contribution in [0.5, 0.6) is 5.75 Å². The largest absolute Gasteiger partial charge is 0.494 e. The van der Waals surface area contributed by atoms with Crippen molar-refractivity contribution in [2.75, 3.05) is 69.1 Å². The first-order chi connectivity index (χ1) is 19.4. The molecule has 2 aromatic carbocycles. The maximum Gasteiger partial charge on any atom is 0.247 e. The highest BCUT2D eigenvalue weighted by molar-refractivity contribution is 6.02. The molecule has 0 aliphatic carbocycles. The zero-order valence-electron chi connectivity index (χ0n) is 23.1. The lowest BCUT2D eigenvalue weighted by Gasteiger charge is -2.30. The molecule has 4 aromatic rings. The molecule has 1 amide bonds. The molecule has 2 aromatic heterocycles. The highest BCUT2D eigenvalue weighted by atomic mass is 16.5. The van der Waals surface area contributed by atoms with Crippen LogP contribution >= 0.6 is 0 Å². The van der Waals surface area contributed by atoms with Crippen LogP contribution in [0, 0.1) is 0 Å². The van der Waals surface area contributed by atoms with Gasteiger partial charge in [-0.25, -0.2) is 9.97 Å². The quantitative estimate of drug-likeness (QED) is 0.290. The van der Waals surface area contributed by atoms with Gasteiger partial charge in [0.15, 0.2) is 0 Å². The number of rotatable bonds is 10. The summed E-state index contributed by atoms with van der Waals surface area (Å²) in [6, 6.07) is 11.7. The molecule has 11 nitrogen and oxygen atoms in total. The molecule has 0 spiro atoms. The van der Waals surface area contributed by atoms with Gasteiger partial charge in [-0.15, -0.1) is 0 Å². The number of fused-ring (bicyclic) bond motifs is 1. The van der Waals surface area contributed by atoms with Gasteiger partial charge < -0.3 is 25.0 Å². The van der Waals surface area contributed by atoms with Crippen LogP contribution in [0.2, 0.25) is 0 Å². The van der Waals surface area contributed by atoms with Gasteiger partial charge in [-0.3, -0.25) is 14.4 Å². The van der Waals surface area contributed by atoms with Crippen LogP contribution < -0.4 is 20.3 Å². The number of hydrogen-bond acceptors (Lipinski definition) is 9. The van der Waals surface area contributed by atoms with E-state index in [0.29, 0.717) is 22.9 Å². The average molecular weight is 543 g/mol. The number of nitrogens with one attached hydrogen (secondary N) is 2. The van der Waals surface area contributed by atoms with Crippen molar-refractivity contribution in [1.29, 1.82) is 0 Å². The minimum Gasteiger partial charge on any atom is -0.494 e. The summed E-state index contributed by atoms with van der Waals surface area (Å²) < 4.78 is 13.1. The number of carbonyl (C=O) groups excluding carboxylic acids is 1. The first-order valence-corrected chi connectivity index (χ1v) is 13.1. The summed E-state index contributed by atoms with van der Waals surface area (Å²) in [6.07, 6.45) is 4.61. The molecule has 1 fully saturated rings. The molecule has 3 heterocycles. The molecule has 208 valence electrons. The van der Waals surface area contributed by atoms with E-state index in [0.717, 1.165) is 67.2 Å². The molecule has 0 atom stereocenters. The number of aromatic nitrogens is 4. The number of nitrogens with zero attached hydrogens (tertiary/aromatic N) is 6. The smallest absolute Gasteiger partial charge is 0.247 e. The summed E-state index contributed by atoms with van der Waals surface area (Å²) in [4.78, 5) is 25.7. The lowest BCUT2D eigenvalue weighted by molar-refractivity contribution is -0.111. The lowest BCUT2D eigenvalue weighted by atomic mass is 10.1. The van der Waals surface area contributed by atoms with Crippen molar-refractivity contribution >= 4 is 39.7 Å². The predicted octanol–water partition coefficient (Wildman–Crippen LogP) is 3.68. The first-order valence-electron chi connectivity index (χ1n) is 13.1. The van der Waals surface area contributed by atoms with E-state index in [1.807, 2.05) is 55.3 Å². The zero-order chi connectivity index (χ0) is 28.1. The third-order valence-electron chi connectivity index (χ3n) is 7.00. The summed E-state index contributed by atoms with van der Waals surface area (Å²) in [5.74, 6) is 0.903. The maximum atomic E-state index is 12.3. The number of amides is 1. The number of ether oxygens (including phenoxy) is 2. The van der Waals surface area contributed by atoms with Gasteiger partial charge in [0.25, 0.3) is 0 Å². The number of benzene rings is 2. The Morgan fingerprint density at radius 2 is 2.00 bits per heavy atom. The van der Waals surface area contributed by atoms with Gasteiger partial charge in [0.1, 0.15) is 17.9 Å². The van der Waals surface area contributed by atoms with Gasteiger partial charge in [-0.2, -0.15) is 5.10 Å². The monoisotopic (exact) mass is 542 g/mol. The lowest BCUT2D eigenvalue weighted by Crippen LogP contribution is -2.40. The molecule has 0 unspecified atom stereocenters. The third-order valence-corrected chi connectivity index (χ3v) is 7.00. The molecular formula is C29H34N8O3. The fraction of sp³-hybridized carbons (Fsp3) is 0.310. The van der Waals surface area contributed by atoms with Crippen molar-refractivity contribution in [2.45, 2.75) is 0 Å². The van der Waals surface area contributed by atoms with E-state index < -0.39 is 0 Å². The second-order valence-corrected chi connectivity index (χ2v) is 9.59. The number of methoxy groups -OCH3 is 1. The molecule has 5 rings (SSSR count). The predicted molar refractivity (Wildman–Crippen MR) is 157 cm³/mol. The van der Waals surface area contributed by atoms with Crippen molar-refractivity contribution in [3.05, 3.63) is 61.6 Å². The van der Waals surface area contributed by atoms with Gasteiger partial charge in [-0.05, 0) is 24.3 Å². The third kappa shape index (κ3) is 6.05. The normalized spacial score (nSPS) is 13.7. The summed E-state index contributed by atoms with van der Waals surface area (Å²) in [5, 5.41) is 11.6. The van der Waals surface area contributed by atoms with Crippen molar-refractivity contribution < 1.29 is 14.3 Å². The van der Waals surface area contributed by atoms with E-state index in [2.05, 4.69) is 48.1 Å². The Morgan fingerprint density at radius 1 is 1.18 bits per heavy atom. The fourth-order valence-corrected chi connectivity index (χ4v) is 4.72. The van der Waals surface area contributed by atoms with Crippen LogP contribution in [0.1, 0.15) is 0 Å². The highest BCUT2D eigenvalue weighted by Crippen LogP contribution is 2.38. The van der Waals surface area contributed by atoms with Crippen LogP contribution in [-0.2, 0) is 16.6 Å². The molecule has 11 heteroatoms. The van der Waals surface area contributed by atoms with Gasteiger partial charge in [0.2, 0.25) is 5.91 Å². The Bertz CT molecular complexity index is 1510. The summed E-state index contributed by atoms with van der Waals surface area (Å²) >= 11 is 0. The molecule has 0 saturated carbocycles. The number of likely N-dealkylation sites (N-methyl/N-ethyl adjacent to an activating group) is 1. The van der Waals surface area contributed by atoms with Crippen LogP contribution in [-0.4, -0.2) is 84.1 Å². The maximum absolute atomic E-state index is 12.3.